The van der Waals surface area contributed by atoms with E-state index in [1.165, 1.54) is 24.3 Å². The molecule has 2 aromatic heterocycles. The molecule has 1 unspecified atom stereocenters. The van der Waals surface area contributed by atoms with Gasteiger partial charge in [-0.25, -0.2) is 19.3 Å². The van der Waals surface area contributed by atoms with Crippen molar-refractivity contribution in [1.29, 1.82) is 0 Å². The van der Waals surface area contributed by atoms with Crippen molar-refractivity contribution in [2.75, 3.05) is 18.5 Å². The van der Waals surface area contributed by atoms with Gasteiger partial charge in [-0.1, -0.05) is 6.07 Å². The molecular weight excluding hydrogens is 397 g/mol. The van der Waals surface area contributed by atoms with Crippen LogP contribution in [0.2, 0.25) is 0 Å². The molecule has 1 N–H and O–H groups in total. The molecule has 4 rings (SSSR count). The number of benzene rings is 1. The Balaban J connectivity index is 1.44. The van der Waals surface area contributed by atoms with Crippen molar-refractivity contribution < 1.29 is 13.9 Å². The highest BCUT2D eigenvalue weighted by Gasteiger charge is 2.31. The van der Waals surface area contributed by atoms with Gasteiger partial charge < -0.3 is 15.0 Å². The summed E-state index contributed by atoms with van der Waals surface area (Å²) in [6.07, 6.45) is 1.73. The fraction of sp³-hybridized carbons (Fsp3) is 0.304. The molecule has 0 bridgehead atoms. The molecule has 1 saturated heterocycles. The van der Waals surface area contributed by atoms with Gasteiger partial charge in [-0.2, -0.15) is 0 Å². The lowest BCUT2D eigenvalue weighted by atomic mass is 10.1. The van der Waals surface area contributed by atoms with Crippen molar-refractivity contribution in [2.45, 2.75) is 32.7 Å². The highest BCUT2D eigenvalue weighted by molar-refractivity contribution is 5.78. The van der Waals surface area contributed by atoms with Crippen LogP contribution < -0.4 is 10.1 Å². The van der Waals surface area contributed by atoms with Crippen LogP contribution in [-0.2, 0) is 4.79 Å². The Morgan fingerprint density at radius 3 is 2.61 bits per heavy atom. The minimum atomic E-state index is -0.343. The second kappa shape index (κ2) is 9.07. The van der Waals surface area contributed by atoms with Crippen molar-refractivity contribution in [2.24, 2.45) is 0 Å². The van der Waals surface area contributed by atoms with Crippen molar-refractivity contribution in [3.8, 4) is 5.75 Å². The molecule has 1 fully saturated rings. The predicted molar refractivity (Wildman–Crippen MR) is 115 cm³/mol. The molecule has 31 heavy (non-hydrogen) atoms. The van der Waals surface area contributed by atoms with Gasteiger partial charge in [0, 0.05) is 17.9 Å². The Morgan fingerprint density at radius 1 is 1.13 bits per heavy atom. The lowest BCUT2D eigenvalue weighted by Crippen LogP contribution is -2.34. The summed E-state index contributed by atoms with van der Waals surface area (Å²) in [6.45, 7) is 4.38. The quantitative estimate of drug-likeness (QED) is 0.645. The fourth-order valence-electron chi connectivity index (χ4n) is 3.73. The van der Waals surface area contributed by atoms with Crippen LogP contribution in [0.5, 0.6) is 5.75 Å². The maximum absolute atomic E-state index is 13.0. The number of carbonyl (C=O) groups is 1. The Morgan fingerprint density at radius 2 is 1.87 bits per heavy atom. The lowest BCUT2D eigenvalue weighted by molar-refractivity contribution is -0.134. The number of aryl methyl sites for hydroxylation is 2. The first kappa shape index (κ1) is 20.7. The standard InChI is InChI=1S/C23H24FN5O2/c1-15-13-16(2)26-23(25-15)28-21-7-3-5-19(27-21)20-6-4-12-29(20)22(30)14-31-18-10-8-17(24)9-11-18/h3,5,7-11,13,20H,4,6,12,14H2,1-2H3,(H,25,26,27,28). The zero-order valence-corrected chi connectivity index (χ0v) is 17.5. The molecule has 8 heteroatoms. The van der Waals surface area contributed by atoms with Crippen molar-refractivity contribution in [3.05, 3.63) is 71.4 Å². The minimum absolute atomic E-state index is 0.101. The average molecular weight is 421 g/mol. The van der Waals surface area contributed by atoms with Gasteiger partial charge in [0.2, 0.25) is 5.95 Å². The van der Waals surface area contributed by atoms with Gasteiger partial charge in [-0.15, -0.1) is 0 Å². The van der Waals surface area contributed by atoms with Gasteiger partial charge >= 0.3 is 0 Å². The van der Waals surface area contributed by atoms with Crippen LogP contribution in [0.15, 0.2) is 48.5 Å². The molecule has 0 saturated carbocycles. The number of likely N-dealkylation sites (tertiary alicyclic amines) is 1. The smallest absolute Gasteiger partial charge is 0.261 e. The molecule has 1 aromatic carbocycles. The second-order valence-electron chi connectivity index (χ2n) is 7.53. The highest BCUT2D eigenvalue weighted by atomic mass is 19.1. The van der Waals surface area contributed by atoms with Crippen LogP contribution >= 0.6 is 0 Å². The maximum Gasteiger partial charge on any atom is 0.261 e. The summed E-state index contributed by atoms with van der Waals surface area (Å²) in [5, 5.41) is 3.15. The van der Waals surface area contributed by atoms with Crippen LogP contribution in [-0.4, -0.2) is 38.9 Å². The van der Waals surface area contributed by atoms with Crippen LogP contribution in [0.1, 0.15) is 36.0 Å². The van der Waals surface area contributed by atoms with Gasteiger partial charge in [0.25, 0.3) is 5.91 Å². The Bertz CT molecular complexity index is 1050. The van der Waals surface area contributed by atoms with Crippen LogP contribution in [0.3, 0.4) is 0 Å². The molecule has 0 spiro atoms. The van der Waals surface area contributed by atoms with Gasteiger partial charge in [-0.3, -0.25) is 4.79 Å². The predicted octanol–water partition coefficient (Wildman–Crippen LogP) is 4.11. The van der Waals surface area contributed by atoms with E-state index in [1.807, 2.05) is 38.1 Å². The molecule has 7 nitrogen and oxygen atoms in total. The molecule has 3 heterocycles. The van der Waals surface area contributed by atoms with Gasteiger partial charge in [0.15, 0.2) is 6.61 Å². The number of hydrogen-bond acceptors (Lipinski definition) is 6. The SMILES string of the molecule is Cc1cc(C)nc(Nc2cccc(C3CCCN3C(=O)COc3ccc(F)cc3)n2)n1. The third-order valence-corrected chi connectivity index (χ3v) is 5.08. The number of amides is 1. The zero-order chi connectivity index (χ0) is 21.8. The number of halogens is 1. The van der Waals surface area contributed by atoms with Gasteiger partial charge in [0.05, 0.1) is 11.7 Å². The average Bonchev–Trinajstić information content (AvgIpc) is 3.23. The molecule has 0 aliphatic carbocycles. The van der Waals surface area contributed by atoms with E-state index in [9.17, 15) is 9.18 Å². The van der Waals surface area contributed by atoms with E-state index in [4.69, 9.17) is 9.72 Å². The number of pyridine rings is 1. The first-order valence-electron chi connectivity index (χ1n) is 10.2. The summed E-state index contributed by atoms with van der Waals surface area (Å²) >= 11 is 0. The van der Waals surface area contributed by atoms with Crippen LogP contribution in [0.25, 0.3) is 0 Å². The zero-order valence-electron chi connectivity index (χ0n) is 17.5. The third-order valence-electron chi connectivity index (χ3n) is 5.08. The van der Waals surface area contributed by atoms with E-state index in [2.05, 4.69) is 15.3 Å². The lowest BCUT2D eigenvalue weighted by Gasteiger charge is -2.24. The number of carbonyl (C=O) groups excluding carboxylic acids is 1. The second-order valence-corrected chi connectivity index (χ2v) is 7.53. The Kier molecular flexibility index (Phi) is 6.06. The normalized spacial score (nSPS) is 15.7. The third kappa shape index (κ3) is 5.14. The van der Waals surface area contributed by atoms with Gasteiger partial charge in [-0.05, 0) is 69.2 Å². The van der Waals surface area contributed by atoms with Crippen molar-refractivity contribution >= 4 is 17.7 Å². The summed E-state index contributed by atoms with van der Waals surface area (Å²) in [5.74, 6) is 1.12. The number of nitrogens with zero attached hydrogens (tertiary/aromatic N) is 4. The summed E-state index contributed by atoms with van der Waals surface area (Å²) < 4.78 is 18.6. The van der Waals surface area contributed by atoms with Crippen molar-refractivity contribution in [3.63, 3.8) is 0 Å². The van der Waals surface area contributed by atoms with Crippen molar-refractivity contribution in [1.82, 2.24) is 19.9 Å². The van der Waals surface area contributed by atoms with E-state index in [1.54, 1.807) is 4.90 Å². The van der Waals surface area contributed by atoms with E-state index < -0.39 is 0 Å². The Hall–Kier alpha value is -3.55. The summed E-state index contributed by atoms with van der Waals surface area (Å²) in [6, 6.07) is 13.1. The molecule has 1 aliphatic rings. The molecular formula is C23H24FN5O2. The largest absolute Gasteiger partial charge is 0.484 e. The van der Waals surface area contributed by atoms with E-state index in [0.29, 0.717) is 24.1 Å². The number of anilines is 2. The summed E-state index contributed by atoms with van der Waals surface area (Å²) in [5.41, 5.74) is 2.56. The summed E-state index contributed by atoms with van der Waals surface area (Å²) in [7, 11) is 0. The van der Waals surface area contributed by atoms with Crippen LogP contribution in [0.4, 0.5) is 16.2 Å². The van der Waals surface area contributed by atoms with Crippen LogP contribution in [0, 0.1) is 19.7 Å². The molecule has 1 atom stereocenters. The number of hydrogen-bond donors (Lipinski definition) is 1. The van der Waals surface area contributed by atoms with E-state index >= 15 is 0 Å². The van der Waals surface area contributed by atoms with E-state index in [-0.39, 0.29) is 24.4 Å². The number of rotatable bonds is 6. The molecule has 3 aromatic rings. The first-order chi connectivity index (χ1) is 15.0. The molecule has 1 amide bonds. The fourth-order valence-corrected chi connectivity index (χ4v) is 3.73. The number of aromatic nitrogens is 3. The maximum atomic E-state index is 13.0. The monoisotopic (exact) mass is 421 g/mol. The highest BCUT2D eigenvalue weighted by Crippen LogP contribution is 2.31. The number of ether oxygens (including phenoxy) is 1. The molecule has 160 valence electrons. The molecule has 0 radical (unpaired) electrons. The Labute approximate surface area is 180 Å². The topological polar surface area (TPSA) is 80.2 Å². The first-order valence-corrected chi connectivity index (χ1v) is 10.2. The summed E-state index contributed by atoms with van der Waals surface area (Å²) in [4.78, 5) is 28.1. The van der Waals surface area contributed by atoms with E-state index in [0.717, 1.165) is 29.9 Å². The minimum Gasteiger partial charge on any atom is -0.484 e. The molecule has 1 aliphatic heterocycles. The van der Waals surface area contributed by atoms with Gasteiger partial charge in [0.1, 0.15) is 17.4 Å². The number of nitrogens with one attached hydrogen (secondary N) is 1.